The normalized spacial score (nSPS) is 12.4. The predicted molar refractivity (Wildman–Crippen MR) is 113 cm³/mol. The van der Waals surface area contributed by atoms with Gasteiger partial charge in [0.15, 0.2) is 0 Å². The van der Waals surface area contributed by atoms with Crippen LogP contribution in [0.3, 0.4) is 0 Å². The second kappa shape index (κ2) is 8.28. The van der Waals surface area contributed by atoms with Crippen molar-refractivity contribution >= 4 is 0 Å². The lowest BCUT2D eigenvalue weighted by atomic mass is 9.80. The van der Waals surface area contributed by atoms with Gasteiger partial charge in [-0.2, -0.15) is 0 Å². The standard InChI is InChI=1S/C23H34N2O2/c1-7-24-16-11-13-19(21(24)27)23(5,6)14-8-9-15-25-17-10-12-18(20(25)26)22(2,3)4/h10-13,16-17H,7-9,14-15H2,1-6H3. The maximum atomic E-state index is 12.7. The quantitative estimate of drug-likeness (QED) is 0.675. The van der Waals surface area contributed by atoms with Gasteiger partial charge in [0.05, 0.1) is 0 Å². The van der Waals surface area contributed by atoms with Crippen LogP contribution in [-0.4, -0.2) is 9.13 Å². The molecule has 0 bridgehead atoms. The Morgan fingerprint density at radius 2 is 1.37 bits per heavy atom. The zero-order valence-corrected chi connectivity index (χ0v) is 17.7. The molecular weight excluding hydrogens is 336 g/mol. The summed E-state index contributed by atoms with van der Waals surface area (Å²) in [6.07, 6.45) is 6.53. The van der Waals surface area contributed by atoms with Crippen LogP contribution in [-0.2, 0) is 23.9 Å². The lowest BCUT2D eigenvalue weighted by Crippen LogP contribution is -2.32. The zero-order chi connectivity index (χ0) is 20.2. The van der Waals surface area contributed by atoms with Crippen molar-refractivity contribution in [1.82, 2.24) is 9.13 Å². The SMILES string of the molecule is CCn1cccc(C(C)(C)CCCCn2cccc(C(C)(C)C)c2=O)c1=O. The first-order valence-electron chi connectivity index (χ1n) is 9.98. The topological polar surface area (TPSA) is 44.0 Å². The van der Waals surface area contributed by atoms with Gasteiger partial charge in [-0.05, 0) is 42.7 Å². The number of aromatic nitrogens is 2. The van der Waals surface area contributed by atoms with Gasteiger partial charge in [0.1, 0.15) is 0 Å². The van der Waals surface area contributed by atoms with Crippen molar-refractivity contribution in [3.8, 4) is 0 Å². The molecule has 2 aromatic rings. The Morgan fingerprint density at radius 1 is 0.815 bits per heavy atom. The van der Waals surface area contributed by atoms with E-state index >= 15 is 0 Å². The summed E-state index contributed by atoms with van der Waals surface area (Å²) in [5.74, 6) is 0. The Hall–Kier alpha value is -2.10. The maximum Gasteiger partial charge on any atom is 0.254 e. The first kappa shape index (κ1) is 21.2. The second-order valence-corrected chi connectivity index (χ2v) is 9.02. The van der Waals surface area contributed by atoms with Crippen LogP contribution in [0.2, 0.25) is 0 Å². The Morgan fingerprint density at radius 3 is 1.96 bits per heavy atom. The fourth-order valence-electron chi connectivity index (χ4n) is 3.57. The number of nitrogens with zero attached hydrogens (tertiary/aromatic N) is 2. The molecule has 0 spiro atoms. The van der Waals surface area contributed by atoms with Gasteiger partial charge >= 0.3 is 0 Å². The van der Waals surface area contributed by atoms with Crippen LogP contribution >= 0.6 is 0 Å². The lowest BCUT2D eigenvalue weighted by Gasteiger charge is -2.25. The van der Waals surface area contributed by atoms with Crippen LogP contribution in [0.15, 0.2) is 46.2 Å². The van der Waals surface area contributed by atoms with Crippen molar-refractivity contribution < 1.29 is 0 Å². The average Bonchev–Trinajstić information content (AvgIpc) is 2.59. The molecule has 0 aromatic carbocycles. The van der Waals surface area contributed by atoms with E-state index in [-0.39, 0.29) is 21.9 Å². The van der Waals surface area contributed by atoms with Crippen molar-refractivity contribution in [3.63, 3.8) is 0 Å². The zero-order valence-electron chi connectivity index (χ0n) is 17.7. The number of hydrogen-bond acceptors (Lipinski definition) is 2. The number of aryl methyl sites for hydroxylation is 2. The van der Waals surface area contributed by atoms with Gasteiger partial charge in [-0.25, -0.2) is 0 Å². The summed E-state index contributed by atoms with van der Waals surface area (Å²) in [6.45, 7) is 13.9. The minimum atomic E-state index is -0.173. The molecule has 27 heavy (non-hydrogen) atoms. The van der Waals surface area contributed by atoms with Crippen LogP contribution < -0.4 is 11.1 Å². The predicted octanol–water partition coefficient (Wildman–Crippen LogP) is 4.48. The molecule has 0 radical (unpaired) electrons. The number of unbranched alkanes of at least 4 members (excludes halogenated alkanes) is 1. The molecule has 0 aliphatic heterocycles. The molecule has 2 aromatic heterocycles. The monoisotopic (exact) mass is 370 g/mol. The van der Waals surface area contributed by atoms with Crippen LogP contribution in [0.4, 0.5) is 0 Å². The van der Waals surface area contributed by atoms with Crippen molar-refractivity contribution in [2.24, 2.45) is 0 Å². The molecule has 4 heteroatoms. The van der Waals surface area contributed by atoms with E-state index in [4.69, 9.17) is 0 Å². The Bertz CT molecular complexity index is 882. The second-order valence-electron chi connectivity index (χ2n) is 9.02. The fourth-order valence-corrected chi connectivity index (χ4v) is 3.57. The van der Waals surface area contributed by atoms with Crippen molar-refractivity contribution in [2.45, 2.75) is 84.7 Å². The molecule has 0 aliphatic carbocycles. The lowest BCUT2D eigenvalue weighted by molar-refractivity contribution is 0.429. The smallest absolute Gasteiger partial charge is 0.254 e. The number of hydrogen-bond donors (Lipinski definition) is 0. The molecular formula is C23H34N2O2. The van der Waals surface area contributed by atoms with Gasteiger partial charge in [-0.3, -0.25) is 9.59 Å². The highest BCUT2D eigenvalue weighted by atomic mass is 16.1. The Balaban J connectivity index is 2.03. The van der Waals surface area contributed by atoms with Crippen LogP contribution in [0.1, 0.15) is 71.9 Å². The van der Waals surface area contributed by atoms with Crippen LogP contribution in [0.5, 0.6) is 0 Å². The molecule has 0 saturated heterocycles. The fraction of sp³-hybridized carbons (Fsp3) is 0.565. The van der Waals surface area contributed by atoms with Crippen LogP contribution in [0, 0.1) is 0 Å². The third-order valence-electron chi connectivity index (χ3n) is 5.37. The van der Waals surface area contributed by atoms with Crippen molar-refractivity contribution in [3.05, 3.63) is 68.5 Å². The molecule has 148 valence electrons. The van der Waals surface area contributed by atoms with E-state index in [0.717, 1.165) is 30.4 Å². The van der Waals surface area contributed by atoms with E-state index in [1.54, 1.807) is 4.57 Å². The maximum absolute atomic E-state index is 12.7. The molecule has 0 amide bonds. The van der Waals surface area contributed by atoms with Gasteiger partial charge in [0, 0.05) is 36.6 Å². The van der Waals surface area contributed by atoms with Crippen molar-refractivity contribution in [2.75, 3.05) is 0 Å². The van der Waals surface area contributed by atoms with Crippen LogP contribution in [0.25, 0.3) is 0 Å². The van der Waals surface area contributed by atoms with E-state index < -0.39 is 0 Å². The molecule has 4 nitrogen and oxygen atoms in total. The van der Waals surface area contributed by atoms with E-state index in [1.165, 1.54) is 0 Å². The molecule has 0 unspecified atom stereocenters. The van der Waals surface area contributed by atoms with Gasteiger partial charge < -0.3 is 9.13 Å². The minimum absolute atomic E-state index is 0.109. The van der Waals surface area contributed by atoms with E-state index in [9.17, 15) is 9.59 Å². The summed E-state index contributed by atoms with van der Waals surface area (Å²) in [7, 11) is 0. The molecule has 0 N–H and O–H groups in total. The number of rotatable bonds is 7. The molecule has 2 rings (SSSR count). The summed E-state index contributed by atoms with van der Waals surface area (Å²) in [4.78, 5) is 25.3. The van der Waals surface area contributed by atoms with E-state index in [1.807, 2.05) is 48.1 Å². The average molecular weight is 371 g/mol. The summed E-state index contributed by atoms with van der Waals surface area (Å²) in [5, 5.41) is 0. The third kappa shape index (κ3) is 5.00. The first-order chi connectivity index (χ1) is 12.6. The molecule has 0 saturated carbocycles. The summed E-state index contributed by atoms with van der Waals surface area (Å²) in [6, 6.07) is 7.80. The van der Waals surface area contributed by atoms with E-state index in [0.29, 0.717) is 13.1 Å². The van der Waals surface area contributed by atoms with E-state index in [2.05, 4.69) is 34.6 Å². The van der Waals surface area contributed by atoms with Gasteiger partial charge in [0.2, 0.25) is 0 Å². The largest absolute Gasteiger partial charge is 0.316 e. The minimum Gasteiger partial charge on any atom is -0.316 e. The van der Waals surface area contributed by atoms with Gasteiger partial charge in [-0.1, -0.05) is 53.2 Å². The molecule has 0 fully saturated rings. The summed E-state index contributed by atoms with van der Waals surface area (Å²) < 4.78 is 3.58. The highest BCUT2D eigenvalue weighted by Crippen LogP contribution is 2.26. The van der Waals surface area contributed by atoms with Gasteiger partial charge in [0.25, 0.3) is 11.1 Å². The molecule has 2 heterocycles. The number of pyridine rings is 2. The Labute approximate surface area is 162 Å². The van der Waals surface area contributed by atoms with Gasteiger partial charge in [-0.15, -0.1) is 0 Å². The molecule has 0 aliphatic rings. The van der Waals surface area contributed by atoms with Crippen molar-refractivity contribution in [1.29, 1.82) is 0 Å². The Kier molecular flexibility index (Phi) is 6.50. The third-order valence-corrected chi connectivity index (χ3v) is 5.37. The summed E-state index contributed by atoms with van der Waals surface area (Å²) in [5.41, 5.74) is 1.63. The molecule has 0 atom stereocenters. The highest BCUT2D eigenvalue weighted by Gasteiger charge is 2.24. The highest BCUT2D eigenvalue weighted by molar-refractivity contribution is 5.21. The summed E-state index contributed by atoms with van der Waals surface area (Å²) >= 11 is 0. The first-order valence-corrected chi connectivity index (χ1v) is 9.98.